The Morgan fingerprint density at radius 3 is 2.05 bits per heavy atom. The van der Waals surface area contributed by atoms with E-state index in [2.05, 4.69) is 20.4 Å². The second-order valence-corrected chi connectivity index (χ2v) is 7.78. The number of carboxylic acid groups (broad SMARTS) is 1. The van der Waals surface area contributed by atoms with Crippen molar-refractivity contribution < 1.29 is 27.9 Å². The lowest BCUT2D eigenvalue weighted by Gasteiger charge is -2.25. The van der Waals surface area contributed by atoms with Gasteiger partial charge < -0.3 is 23.1 Å². The van der Waals surface area contributed by atoms with Gasteiger partial charge in [-0.2, -0.15) is 0 Å². The number of carboxylic acids is 1. The molecular weight excluding hydrogens is 304 g/mol. The van der Waals surface area contributed by atoms with Crippen LogP contribution in [0, 0.1) is 0 Å². The zero-order valence-electron chi connectivity index (χ0n) is 14.6. The van der Waals surface area contributed by atoms with E-state index in [1.807, 2.05) is 0 Å². The first-order valence-electron chi connectivity index (χ1n) is 7.59. The van der Waals surface area contributed by atoms with E-state index in [4.69, 9.17) is 23.1 Å². The lowest BCUT2D eigenvalue weighted by Crippen LogP contribution is -2.44. The predicted octanol–water partition coefficient (Wildman–Crippen LogP) is 3.46. The molecule has 0 unspecified atom stereocenters. The molecule has 0 spiro atoms. The molecule has 0 aromatic rings. The van der Waals surface area contributed by atoms with Crippen molar-refractivity contribution in [1.82, 2.24) is 0 Å². The molecule has 1 N–H and O–H groups in total. The summed E-state index contributed by atoms with van der Waals surface area (Å²) >= 11 is 0. The van der Waals surface area contributed by atoms with Gasteiger partial charge in [-0.3, -0.25) is 0 Å². The summed E-state index contributed by atoms with van der Waals surface area (Å²) in [7, 11) is 0.846. The number of rotatable bonds is 12. The highest BCUT2D eigenvalue weighted by atomic mass is 28.4. The monoisotopic (exact) mass is 336 g/mol. The SMILES string of the molecule is C=C(C)C(=O)O.CCCCCOCO[Si](CCC)(OC)OC. The van der Waals surface area contributed by atoms with E-state index in [1.165, 1.54) is 19.8 Å². The van der Waals surface area contributed by atoms with E-state index in [0.717, 1.165) is 25.5 Å². The van der Waals surface area contributed by atoms with Crippen LogP contribution in [0.15, 0.2) is 12.2 Å². The average Bonchev–Trinajstić information content (AvgIpc) is 2.50. The molecule has 0 aliphatic rings. The molecule has 7 heteroatoms. The highest BCUT2D eigenvalue weighted by Gasteiger charge is 2.37. The van der Waals surface area contributed by atoms with Crippen LogP contribution >= 0.6 is 0 Å². The van der Waals surface area contributed by atoms with E-state index in [9.17, 15) is 4.79 Å². The average molecular weight is 337 g/mol. The molecule has 0 saturated carbocycles. The molecule has 0 fully saturated rings. The molecule has 0 bridgehead atoms. The van der Waals surface area contributed by atoms with Gasteiger partial charge in [-0.05, 0) is 13.3 Å². The second kappa shape index (κ2) is 15.2. The summed E-state index contributed by atoms with van der Waals surface area (Å²) in [5.74, 6) is -0.935. The van der Waals surface area contributed by atoms with Gasteiger partial charge >= 0.3 is 14.8 Å². The largest absolute Gasteiger partial charge is 0.502 e. The highest BCUT2D eigenvalue weighted by Crippen LogP contribution is 2.15. The van der Waals surface area contributed by atoms with Gasteiger partial charge in [-0.15, -0.1) is 0 Å². The van der Waals surface area contributed by atoms with E-state index in [0.29, 0.717) is 0 Å². The Morgan fingerprint density at radius 2 is 1.68 bits per heavy atom. The maximum Gasteiger partial charge on any atom is 0.502 e. The Morgan fingerprint density at radius 1 is 1.14 bits per heavy atom. The van der Waals surface area contributed by atoms with Crippen molar-refractivity contribution in [3.05, 3.63) is 12.2 Å². The zero-order valence-corrected chi connectivity index (χ0v) is 15.6. The number of unbranched alkanes of at least 4 members (excludes halogenated alkanes) is 2. The molecule has 0 aliphatic carbocycles. The van der Waals surface area contributed by atoms with Crippen LogP contribution in [0.1, 0.15) is 46.5 Å². The van der Waals surface area contributed by atoms with Crippen LogP contribution in [0.5, 0.6) is 0 Å². The fourth-order valence-corrected chi connectivity index (χ4v) is 3.26. The quantitative estimate of drug-likeness (QED) is 0.255. The third-order valence-electron chi connectivity index (χ3n) is 2.80. The molecular formula is C15H32O6Si. The van der Waals surface area contributed by atoms with Crippen molar-refractivity contribution in [2.45, 2.75) is 52.5 Å². The maximum atomic E-state index is 9.60. The maximum absolute atomic E-state index is 9.60. The van der Waals surface area contributed by atoms with Crippen LogP contribution in [-0.2, 0) is 22.8 Å². The molecule has 0 amide bonds. The first kappa shape index (κ1) is 23.5. The lowest BCUT2D eigenvalue weighted by atomic mass is 10.3. The third-order valence-corrected chi connectivity index (χ3v) is 5.71. The Hall–Kier alpha value is -0.733. The Balaban J connectivity index is 0. The molecule has 0 atom stereocenters. The van der Waals surface area contributed by atoms with E-state index >= 15 is 0 Å². The summed E-state index contributed by atoms with van der Waals surface area (Å²) in [6, 6.07) is 0.832. The summed E-state index contributed by atoms with van der Waals surface area (Å²) in [6.45, 7) is 9.89. The van der Waals surface area contributed by atoms with Gasteiger partial charge in [0.1, 0.15) is 6.79 Å². The molecule has 0 radical (unpaired) electrons. The summed E-state index contributed by atoms with van der Waals surface area (Å²) in [6.07, 6.45) is 4.48. The second-order valence-electron chi connectivity index (χ2n) is 4.80. The molecule has 0 aliphatic heterocycles. The van der Waals surface area contributed by atoms with Crippen molar-refractivity contribution in [2.75, 3.05) is 27.6 Å². The van der Waals surface area contributed by atoms with Crippen molar-refractivity contribution >= 4 is 14.8 Å². The molecule has 0 heterocycles. The summed E-state index contributed by atoms with van der Waals surface area (Å²) in [4.78, 5) is 9.60. The van der Waals surface area contributed by atoms with Crippen LogP contribution in [0.2, 0.25) is 6.04 Å². The zero-order chi connectivity index (χ0) is 17.4. The van der Waals surface area contributed by atoms with Gasteiger partial charge in [-0.1, -0.05) is 39.7 Å². The van der Waals surface area contributed by atoms with E-state index in [1.54, 1.807) is 14.2 Å². The van der Waals surface area contributed by atoms with Gasteiger partial charge in [0, 0.05) is 32.4 Å². The van der Waals surface area contributed by atoms with E-state index in [-0.39, 0.29) is 12.4 Å². The molecule has 6 nitrogen and oxygen atoms in total. The fraction of sp³-hybridized carbons (Fsp3) is 0.800. The standard InChI is InChI=1S/C11H26O4Si.C4H6O2/c1-5-7-8-9-14-11-15-16(12-3,13-4)10-6-2;1-3(2)4(5)6/h5-11H2,1-4H3;1H2,2H3,(H,5,6). The molecule has 0 rings (SSSR count). The summed E-state index contributed by atoms with van der Waals surface area (Å²) in [5.41, 5.74) is 0.176. The third kappa shape index (κ3) is 13.0. The number of carbonyl (C=O) groups is 1. The highest BCUT2D eigenvalue weighted by molar-refractivity contribution is 6.60. The van der Waals surface area contributed by atoms with Gasteiger partial charge in [0.05, 0.1) is 0 Å². The number of aliphatic carboxylic acids is 1. The Kier molecular flexibility index (Phi) is 16.2. The molecule has 132 valence electrons. The normalized spacial score (nSPS) is 10.8. The number of hydrogen-bond donors (Lipinski definition) is 1. The van der Waals surface area contributed by atoms with Crippen molar-refractivity contribution in [3.8, 4) is 0 Å². The lowest BCUT2D eigenvalue weighted by molar-refractivity contribution is -0.132. The Labute approximate surface area is 135 Å². The van der Waals surface area contributed by atoms with Gasteiger partial charge in [0.25, 0.3) is 0 Å². The Bertz CT molecular complexity index is 280. The van der Waals surface area contributed by atoms with Gasteiger partial charge in [0.2, 0.25) is 0 Å². The van der Waals surface area contributed by atoms with Crippen LogP contribution in [0.3, 0.4) is 0 Å². The summed E-state index contributed by atoms with van der Waals surface area (Å²) in [5, 5.41) is 7.89. The molecule has 22 heavy (non-hydrogen) atoms. The van der Waals surface area contributed by atoms with Gasteiger partial charge in [-0.25, -0.2) is 4.79 Å². The number of ether oxygens (including phenoxy) is 1. The minimum Gasteiger partial charge on any atom is -0.478 e. The van der Waals surface area contributed by atoms with Gasteiger partial charge in [0.15, 0.2) is 0 Å². The van der Waals surface area contributed by atoms with E-state index < -0.39 is 14.8 Å². The van der Waals surface area contributed by atoms with Crippen molar-refractivity contribution in [3.63, 3.8) is 0 Å². The molecule has 0 saturated heterocycles. The van der Waals surface area contributed by atoms with Crippen LogP contribution < -0.4 is 0 Å². The smallest absolute Gasteiger partial charge is 0.478 e. The first-order chi connectivity index (χ1) is 10.4. The van der Waals surface area contributed by atoms with Crippen LogP contribution in [0.4, 0.5) is 0 Å². The first-order valence-corrected chi connectivity index (χ1v) is 9.53. The fourth-order valence-electron chi connectivity index (χ4n) is 1.43. The summed E-state index contributed by atoms with van der Waals surface area (Å²) < 4.78 is 21.8. The van der Waals surface area contributed by atoms with Crippen molar-refractivity contribution in [1.29, 1.82) is 0 Å². The minimum atomic E-state index is -2.44. The van der Waals surface area contributed by atoms with Crippen LogP contribution in [0.25, 0.3) is 0 Å². The molecule has 0 aromatic carbocycles. The molecule has 0 aromatic heterocycles. The number of hydrogen-bond acceptors (Lipinski definition) is 5. The van der Waals surface area contributed by atoms with Crippen molar-refractivity contribution in [2.24, 2.45) is 0 Å². The van der Waals surface area contributed by atoms with Crippen LogP contribution in [-0.4, -0.2) is 47.5 Å². The predicted molar refractivity (Wildman–Crippen MR) is 88.7 cm³/mol. The topological polar surface area (TPSA) is 74.2 Å². The minimum absolute atomic E-state index is 0.176.